The number of nitrogens with one attached hydrogen (secondary N) is 3. The van der Waals surface area contributed by atoms with Crippen LogP contribution in [0.3, 0.4) is 0 Å². The lowest BCUT2D eigenvalue weighted by molar-refractivity contribution is -0.122. The van der Waals surface area contributed by atoms with Gasteiger partial charge in [-0.1, -0.05) is 18.6 Å². The van der Waals surface area contributed by atoms with Crippen LogP contribution >= 0.6 is 0 Å². The Balaban J connectivity index is 1.34. The summed E-state index contributed by atoms with van der Waals surface area (Å²) < 4.78 is 11.1. The number of amides is 1. The normalized spacial score (nSPS) is 19.9. The van der Waals surface area contributed by atoms with Crippen LogP contribution in [0.25, 0.3) is 0 Å². The van der Waals surface area contributed by atoms with Crippen LogP contribution in [0, 0.1) is 5.92 Å². The number of nitrogens with zero attached hydrogens (tertiary/aromatic N) is 1. The molecule has 1 heterocycles. The zero-order chi connectivity index (χ0) is 19.6. The van der Waals surface area contributed by atoms with E-state index in [0.29, 0.717) is 6.54 Å². The predicted molar refractivity (Wildman–Crippen MR) is 110 cm³/mol. The highest BCUT2D eigenvalue weighted by molar-refractivity contribution is 5.93. The summed E-state index contributed by atoms with van der Waals surface area (Å²) in [5, 5.41) is 9.63. The van der Waals surface area contributed by atoms with Crippen LogP contribution in [0.5, 0.6) is 0 Å². The van der Waals surface area contributed by atoms with Gasteiger partial charge < -0.3 is 25.4 Å². The van der Waals surface area contributed by atoms with Gasteiger partial charge in [0.2, 0.25) is 5.91 Å². The topological polar surface area (TPSA) is 84.0 Å². The first-order chi connectivity index (χ1) is 13.7. The van der Waals surface area contributed by atoms with Crippen molar-refractivity contribution in [2.24, 2.45) is 10.9 Å². The second-order valence-corrected chi connectivity index (χ2v) is 7.38. The summed E-state index contributed by atoms with van der Waals surface area (Å²) in [4.78, 5) is 16.4. The van der Waals surface area contributed by atoms with Crippen molar-refractivity contribution in [3.8, 4) is 0 Å². The van der Waals surface area contributed by atoms with Gasteiger partial charge in [0.05, 0.1) is 12.7 Å². The van der Waals surface area contributed by atoms with Crippen LogP contribution in [-0.4, -0.2) is 51.4 Å². The molecule has 1 unspecified atom stereocenters. The molecule has 3 N–H and O–H groups in total. The fourth-order valence-electron chi connectivity index (χ4n) is 3.25. The highest BCUT2D eigenvalue weighted by Gasteiger charge is 2.25. The number of carbonyl (C=O) groups excluding carboxylic acids is 1. The van der Waals surface area contributed by atoms with Crippen molar-refractivity contribution in [3.05, 3.63) is 29.8 Å². The van der Waals surface area contributed by atoms with Gasteiger partial charge in [0, 0.05) is 45.0 Å². The molecule has 1 saturated carbocycles. The molecule has 0 aromatic heterocycles. The molecule has 2 fully saturated rings. The number of aliphatic imine (C=N–C) groups is 1. The van der Waals surface area contributed by atoms with Gasteiger partial charge in [0.1, 0.15) is 0 Å². The van der Waals surface area contributed by atoms with Gasteiger partial charge in [-0.25, -0.2) is 0 Å². The Bertz CT molecular complexity index is 655. The first kappa shape index (κ1) is 20.6. The van der Waals surface area contributed by atoms with Crippen LogP contribution in [0.4, 0.5) is 5.69 Å². The third-order valence-corrected chi connectivity index (χ3v) is 5.21. The molecule has 1 aliphatic carbocycles. The van der Waals surface area contributed by atoms with Gasteiger partial charge in [-0.05, 0) is 43.4 Å². The van der Waals surface area contributed by atoms with Crippen LogP contribution in [0.1, 0.15) is 37.7 Å². The van der Waals surface area contributed by atoms with Crippen LogP contribution < -0.4 is 16.0 Å². The number of carbonyl (C=O) groups is 1. The van der Waals surface area contributed by atoms with Crippen molar-refractivity contribution < 1.29 is 14.3 Å². The monoisotopic (exact) mass is 388 g/mol. The standard InChI is InChI=1S/C21H32N4O3/c1-22-21(23-10-4-11-28-19-9-12-27-15-19)24-14-16-5-2-8-18(13-16)25-20(26)17-6-3-7-17/h2,5,8,13,17,19H,3-4,6-7,9-12,14-15H2,1H3,(H,25,26)(H2,22,23,24). The maximum Gasteiger partial charge on any atom is 0.227 e. The van der Waals surface area contributed by atoms with Gasteiger partial charge in [0.15, 0.2) is 5.96 Å². The minimum absolute atomic E-state index is 0.139. The highest BCUT2D eigenvalue weighted by atomic mass is 16.5. The van der Waals surface area contributed by atoms with E-state index < -0.39 is 0 Å². The van der Waals surface area contributed by atoms with Crippen molar-refractivity contribution >= 4 is 17.6 Å². The molecular weight excluding hydrogens is 356 g/mol. The molecule has 1 saturated heterocycles. The summed E-state index contributed by atoms with van der Waals surface area (Å²) in [5.41, 5.74) is 1.95. The van der Waals surface area contributed by atoms with Gasteiger partial charge in [0.25, 0.3) is 0 Å². The molecular formula is C21H32N4O3. The molecule has 1 atom stereocenters. The van der Waals surface area contributed by atoms with Crippen LogP contribution in [0.15, 0.2) is 29.3 Å². The van der Waals surface area contributed by atoms with E-state index in [1.54, 1.807) is 7.05 Å². The maximum absolute atomic E-state index is 12.1. The Morgan fingerprint density at radius 2 is 2.18 bits per heavy atom. The predicted octanol–water partition coefficient (Wildman–Crippen LogP) is 2.29. The zero-order valence-corrected chi connectivity index (χ0v) is 16.7. The minimum Gasteiger partial charge on any atom is -0.379 e. The summed E-state index contributed by atoms with van der Waals surface area (Å²) >= 11 is 0. The van der Waals surface area contributed by atoms with E-state index in [1.165, 1.54) is 0 Å². The molecule has 0 spiro atoms. The third-order valence-electron chi connectivity index (χ3n) is 5.21. The molecule has 1 aliphatic heterocycles. The Kier molecular flexibility index (Phi) is 8.11. The zero-order valence-electron chi connectivity index (χ0n) is 16.7. The van der Waals surface area contributed by atoms with E-state index in [1.807, 2.05) is 24.3 Å². The van der Waals surface area contributed by atoms with Gasteiger partial charge >= 0.3 is 0 Å². The Morgan fingerprint density at radius 1 is 1.29 bits per heavy atom. The summed E-state index contributed by atoms with van der Waals surface area (Å²) in [5.74, 6) is 1.09. The molecule has 1 aromatic carbocycles. The van der Waals surface area contributed by atoms with Crippen molar-refractivity contribution in [1.82, 2.24) is 10.6 Å². The first-order valence-electron chi connectivity index (χ1n) is 10.3. The maximum atomic E-state index is 12.1. The Morgan fingerprint density at radius 3 is 2.89 bits per heavy atom. The molecule has 1 aromatic rings. The van der Waals surface area contributed by atoms with Crippen molar-refractivity contribution in [2.45, 2.75) is 44.8 Å². The molecule has 2 aliphatic rings. The summed E-state index contributed by atoms with van der Waals surface area (Å²) in [6.07, 6.45) is 5.35. The average molecular weight is 389 g/mol. The Labute approximate surface area is 167 Å². The molecule has 1 amide bonds. The van der Waals surface area contributed by atoms with Gasteiger partial charge in [-0.3, -0.25) is 9.79 Å². The fourth-order valence-corrected chi connectivity index (χ4v) is 3.25. The quantitative estimate of drug-likeness (QED) is 0.343. The molecule has 154 valence electrons. The lowest BCUT2D eigenvalue weighted by atomic mass is 9.85. The smallest absolute Gasteiger partial charge is 0.227 e. The van der Waals surface area contributed by atoms with Gasteiger partial charge in [-0.2, -0.15) is 0 Å². The number of hydrogen-bond donors (Lipinski definition) is 3. The average Bonchev–Trinajstić information content (AvgIpc) is 3.16. The fraction of sp³-hybridized carbons (Fsp3) is 0.619. The van der Waals surface area contributed by atoms with Crippen molar-refractivity contribution in [2.75, 3.05) is 38.7 Å². The Hall–Kier alpha value is -2.12. The summed E-state index contributed by atoms with van der Waals surface area (Å²) in [7, 11) is 1.76. The molecule has 7 nitrogen and oxygen atoms in total. The number of guanidine groups is 1. The number of rotatable bonds is 9. The number of hydrogen-bond acceptors (Lipinski definition) is 4. The van der Waals surface area contributed by atoms with E-state index in [9.17, 15) is 4.79 Å². The largest absolute Gasteiger partial charge is 0.379 e. The van der Waals surface area contributed by atoms with Crippen LogP contribution in [0.2, 0.25) is 0 Å². The van der Waals surface area contributed by atoms with E-state index >= 15 is 0 Å². The van der Waals surface area contributed by atoms with E-state index in [2.05, 4.69) is 20.9 Å². The second-order valence-electron chi connectivity index (χ2n) is 7.38. The molecule has 0 bridgehead atoms. The second kappa shape index (κ2) is 11.0. The number of benzene rings is 1. The van der Waals surface area contributed by atoms with Crippen molar-refractivity contribution in [1.29, 1.82) is 0 Å². The van der Waals surface area contributed by atoms with Gasteiger partial charge in [-0.15, -0.1) is 0 Å². The van der Waals surface area contributed by atoms with Crippen molar-refractivity contribution in [3.63, 3.8) is 0 Å². The highest BCUT2D eigenvalue weighted by Crippen LogP contribution is 2.27. The van der Waals surface area contributed by atoms with E-state index in [-0.39, 0.29) is 17.9 Å². The summed E-state index contributed by atoms with van der Waals surface area (Å²) in [6, 6.07) is 7.95. The SMILES string of the molecule is CN=C(NCCCOC1CCOC1)NCc1cccc(NC(=O)C2CCC2)c1. The van der Waals surface area contributed by atoms with E-state index in [0.717, 1.165) is 75.7 Å². The lowest BCUT2D eigenvalue weighted by Crippen LogP contribution is -2.37. The molecule has 7 heteroatoms. The number of anilines is 1. The first-order valence-corrected chi connectivity index (χ1v) is 10.3. The minimum atomic E-state index is 0.139. The molecule has 3 rings (SSSR count). The van der Waals surface area contributed by atoms with E-state index in [4.69, 9.17) is 9.47 Å². The third kappa shape index (κ3) is 6.49. The summed E-state index contributed by atoms with van der Waals surface area (Å²) in [6.45, 7) is 3.69. The lowest BCUT2D eigenvalue weighted by Gasteiger charge is -2.24. The van der Waals surface area contributed by atoms with Crippen LogP contribution in [-0.2, 0) is 20.8 Å². The molecule has 28 heavy (non-hydrogen) atoms. The molecule has 0 radical (unpaired) electrons. The number of ether oxygens (including phenoxy) is 2.